The molecule has 1 aromatic rings. The van der Waals surface area contributed by atoms with E-state index in [1.54, 1.807) is 6.92 Å². The predicted molar refractivity (Wildman–Crippen MR) is 92.5 cm³/mol. The van der Waals surface area contributed by atoms with Gasteiger partial charge in [0.05, 0.1) is 8.95 Å². The summed E-state index contributed by atoms with van der Waals surface area (Å²) in [5.41, 5.74) is 1.13. The lowest BCUT2D eigenvalue weighted by Crippen LogP contribution is -2.38. The van der Waals surface area contributed by atoms with Crippen LogP contribution in [0.3, 0.4) is 0 Å². The minimum atomic E-state index is -0.550. The monoisotopic (exact) mass is 420 g/mol. The molecular weight excluding hydrogens is 400 g/mol. The molecule has 21 heavy (non-hydrogen) atoms. The first-order valence-electron chi connectivity index (χ1n) is 6.92. The summed E-state index contributed by atoms with van der Waals surface area (Å²) in [6, 6.07) is 3.96. The molecule has 0 saturated carbocycles. The predicted octanol–water partition coefficient (Wildman–Crippen LogP) is 3.47. The fourth-order valence-electron chi connectivity index (χ4n) is 1.71. The molecule has 0 radical (unpaired) electrons. The molecule has 1 atom stereocenters. The smallest absolute Gasteiger partial charge is 0.260 e. The molecule has 0 bridgehead atoms. The molecule has 6 heteroatoms. The lowest BCUT2D eigenvalue weighted by molar-refractivity contribution is -0.127. The third kappa shape index (κ3) is 5.96. The standard InChI is InChI=1S/C15H22Br2N2O2/c1-9(2)7-19-15(20)10(3)21-14-12(16)5-11(8-18-4)6-13(14)17/h5-6,9-10,18H,7-8H2,1-4H3,(H,19,20). The molecule has 0 aliphatic heterocycles. The average molecular weight is 422 g/mol. The van der Waals surface area contributed by atoms with Crippen molar-refractivity contribution >= 4 is 37.8 Å². The van der Waals surface area contributed by atoms with Crippen LogP contribution >= 0.6 is 31.9 Å². The van der Waals surface area contributed by atoms with Crippen LogP contribution in [0.2, 0.25) is 0 Å². The number of carbonyl (C=O) groups excluding carboxylic acids is 1. The number of amides is 1. The molecule has 0 saturated heterocycles. The second kappa shape index (κ2) is 8.76. The Bertz CT molecular complexity index is 470. The second-order valence-corrected chi connectivity index (χ2v) is 7.03. The van der Waals surface area contributed by atoms with Gasteiger partial charge in [0, 0.05) is 13.1 Å². The normalized spacial score (nSPS) is 12.3. The zero-order valence-corrected chi connectivity index (χ0v) is 16.0. The first-order valence-corrected chi connectivity index (χ1v) is 8.50. The number of carbonyl (C=O) groups is 1. The van der Waals surface area contributed by atoms with Crippen molar-refractivity contribution in [2.75, 3.05) is 13.6 Å². The number of hydrogen-bond donors (Lipinski definition) is 2. The van der Waals surface area contributed by atoms with Crippen LogP contribution in [0.5, 0.6) is 5.75 Å². The van der Waals surface area contributed by atoms with Crippen LogP contribution < -0.4 is 15.4 Å². The minimum absolute atomic E-state index is 0.109. The Morgan fingerprint density at radius 3 is 2.29 bits per heavy atom. The van der Waals surface area contributed by atoms with Crippen molar-refractivity contribution < 1.29 is 9.53 Å². The van der Waals surface area contributed by atoms with Crippen molar-refractivity contribution in [3.8, 4) is 5.75 Å². The van der Waals surface area contributed by atoms with Crippen LogP contribution in [0.4, 0.5) is 0 Å². The average Bonchev–Trinajstić information content (AvgIpc) is 2.40. The fraction of sp³-hybridized carbons (Fsp3) is 0.533. The van der Waals surface area contributed by atoms with Crippen molar-refractivity contribution in [1.82, 2.24) is 10.6 Å². The van der Waals surface area contributed by atoms with E-state index in [-0.39, 0.29) is 5.91 Å². The second-order valence-electron chi connectivity index (χ2n) is 5.32. The van der Waals surface area contributed by atoms with Crippen LogP contribution in [0.1, 0.15) is 26.3 Å². The first-order chi connectivity index (χ1) is 9.85. The molecule has 118 valence electrons. The van der Waals surface area contributed by atoms with Crippen LogP contribution in [0.25, 0.3) is 0 Å². The van der Waals surface area contributed by atoms with Gasteiger partial charge in [0.2, 0.25) is 0 Å². The highest BCUT2D eigenvalue weighted by molar-refractivity contribution is 9.11. The topological polar surface area (TPSA) is 50.4 Å². The van der Waals surface area contributed by atoms with Gasteiger partial charge in [0.25, 0.3) is 5.91 Å². The molecule has 0 aliphatic carbocycles. The van der Waals surface area contributed by atoms with E-state index in [4.69, 9.17) is 4.74 Å². The van der Waals surface area contributed by atoms with Gasteiger partial charge >= 0.3 is 0 Å². The maximum absolute atomic E-state index is 12.0. The Morgan fingerprint density at radius 1 is 1.24 bits per heavy atom. The Morgan fingerprint density at radius 2 is 1.81 bits per heavy atom. The van der Waals surface area contributed by atoms with E-state index < -0.39 is 6.10 Å². The molecule has 0 spiro atoms. The molecular formula is C15H22Br2N2O2. The van der Waals surface area contributed by atoms with Crippen molar-refractivity contribution in [1.29, 1.82) is 0 Å². The van der Waals surface area contributed by atoms with Gasteiger partial charge in [-0.2, -0.15) is 0 Å². The molecule has 0 aliphatic rings. The van der Waals surface area contributed by atoms with Crippen molar-refractivity contribution in [2.24, 2.45) is 5.92 Å². The lowest BCUT2D eigenvalue weighted by Gasteiger charge is -2.18. The highest BCUT2D eigenvalue weighted by atomic mass is 79.9. The maximum Gasteiger partial charge on any atom is 0.260 e. The summed E-state index contributed by atoms with van der Waals surface area (Å²) < 4.78 is 7.43. The van der Waals surface area contributed by atoms with Gasteiger partial charge in [-0.25, -0.2) is 0 Å². The molecule has 0 heterocycles. The van der Waals surface area contributed by atoms with E-state index in [1.165, 1.54) is 0 Å². The summed E-state index contributed by atoms with van der Waals surface area (Å²) in [4.78, 5) is 12.0. The van der Waals surface area contributed by atoms with Crippen LogP contribution in [0.15, 0.2) is 21.1 Å². The van der Waals surface area contributed by atoms with Crippen molar-refractivity contribution in [3.05, 3.63) is 26.6 Å². The molecule has 1 aromatic carbocycles. The Labute approximate surface area is 143 Å². The number of benzene rings is 1. The van der Waals surface area contributed by atoms with Gasteiger partial charge in [-0.05, 0) is 69.4 Å². The summed E-state index contributed by atoms with van der Waals surface area (Å²) in [7, 11) is 1.90. The zero-order chi connectivity index (χ0) is 16.0. The summed E-state index contributed by atoms with van der Waals surface area (Å²) in [5, 5.41) is 5.97. The fourth-order valence-corrected chi connectivity index (χ4v) is 3.18. The minimum Gasteiger partial charge on any atom is -0.479 e. The third-order valence-electron chi connectivity index (χ3n) is 2.79. The summed E-state index contributed by atoms with van der Waals surface area (Å²) >= 11 is 6.99. The number of nitrogens with one attached hydrogen (secondary N) is 2. The molecule has 0 aromatic heterocycles. The van der Waals surface area contributed by atoms with Crippen LogP contribution in [-0.4, -0.2) is 25.6 Å². The third-order valence-corrected chi connectivity index (χ3v) is 3.97. The summed E-state index contributed by atoms with van der Waals surface area (Å²) in [6.07, 6.45) is -0.550. The molecule has 1 rings (SSSR count). The van der Waals surface area contributed by atoms with Crippen molar-refractivity contribution in [3.63, 3.8) is 0 Å². The zero-order valence-electron chi connectivity index (χ0n) is 12.8. The summed E-state index contributed by atoms with van der Waals surface area (Å²) in [5.74, 6) is 0.948. The number of ether oxygens (including phenoxy) is 1. The lowest BCUT2D eigenvalue weighted by atomic mass is 10.2. The van der Waals surface area contributed by atoms with E-state index in [2.05, 4.69) is 56.3 Å². The maximum atomic E-state index is 12.0. The molecule has 1 amide bonds. The molecule has 4 nitrogen and oxygen atoms in total. The van der Waals surface area contributed by atoms with Crippen LogP contribution in [0, 0.1) is 5.92 Å². The van der Waals surface area contributed by atoms with E-state index in [1.807, 2.05) is 19.2 Å². The Kier molecular flexibility index (Phi) is 7.70. The highest BCUT2D eigenvalue weighted by Gasteiger charge is 2.18. The Hall–Kier alpha value is -0.590. The van der Waals surface area contributed by atoms with Gasteiger partial charge in [-0.15, -0.1) is 0 Å². The van der Waals surface area contributed by atoms with E-state index in [0.717, 1.165) is 21.1 Å². The SMILES string of the molecule is CNCc1cc(Br)c(OC(C)C(=O)NCC(C)C)c(Br)c1. The van der Waals surface area contributed by atoms with Gasteiger partial charge in [0.15, 0.2) is 6.10 Å². The Balaban J connectivity index is 2.76. The van der Waals surface area contributed by atoms with E-state index >= 15 is 0 Å². The van der Waals surface area contributed by atoms with E-state index in [0.29, 0.717) is 18.2 Å². The van der Waals surface area contributed by atoms with Gasteiger partial charge in [0.1, 0.15) is 5.75 Å². The van der Waals surface area contributed by atoms with E-state index in [9.17, 15) is 4.79 Å². The van der Waals surface area contributed by atoms with Gasteiger partial charge in [-0.1, -0.05) is 13.8 Å². The highest BCUT2D eigenvalue weighted by Crippen LogP contribution is 2.35. The van der Waals surface area contributed by atoms with Gasteiger partial charge < -0.3 is 15.4 Å². The first kappa shape index (κ1) is 18.5. The summed E-state index contributed by atoms with van der Waals surface area (Å²) in [6.45, 7) is 7.27. The van der Waals surface area contributed by atoms with Gasteiger partial charge in [-0.3, -0.25) is 4.79 Å². The molecule has 0 fully saturated rings. The largest absolute Gasteiger partial charge is 0.479 e. The van der Waals surface area contributed by atoms with Crippen molar-refractivity contribution in [2.45, 2.75) is 33.4 Å². The number of halogens is 2. The molecule has 2 N–H and O–H groups in total. The van der Waals surface area contributed by atoms with Crippen LogP contribution in [-0.2, 0) is 11.3 Å². The number of rotatable bonds is 7. The quantitative estimate of drug-likeness (QED) is 0.708. The molecule has 1 unspecified atom stereocenters. The number of hydrogen-bond acceptors (Lipinski definition) is 3.